The van der Waals surface area contributed by atoms with E-state index in [0.717, 1.165) is 37.0 Å². The molecule has 2 fully saturated rings. The van der Waals surface area contributed by atoms with Crippen LogP contribution in [0.15, 0.2) is 17.5 Å². The predicted molar refractivity (Wildman–Crippen MR) is 88.0 cm³/mol. The van der Waals surface area contributed by atoms with Gasteiger partial charge in [-0.25, -0.2) is 0 Å². The molecular formula is C17H24N2O2S. The lowest BCUT2D eigenvalue weighted by Gasteiger charge is -2.35. The molecule has 1 unspecified atom stereocenters. The fraction of sp³-hybridized carbons (Fsp3) is 0.647. The van der Waals surface area contributed by atoms with Crippen molar-refractivity contribution in [1.29, 1.82) is 0 Å². The van der Waals surface area contributed by atoms with E-state index in [4.69, 9.17) is 0 Å². The molecule has 120 valence electrons. The van der Waals surface area contributed by atoms with Crippen LogP contribution in [0.25, 0.3) is 0 Å². The van der Waals surface area contributed by atoms with Gasteiger partial charge in [0.25, 0.3) is 5.91 Å². The SMILES string of the molecule is O=C(NC1CCCCC1)C1CCCCN1C(=O)c1cccs1. The van der Waals surface area contributed by atoms with E-state index in [9.17, 15) is 9.59 Å². The molecule has 0 radical (unpaired) electrons. The molecule has 0 spiro atoms. The van der Waals surface area contributed by atoms with E-state index in [-0.39, 0.29) is 17.9 Å². The number of piperidine rings is 1. The van der Waals surface area contributed by atoms with Crippen LogP contribution in [0, 0.1) is 0 Å². The zero-order valence-electron chi connectivity index (χ0n) is 12.9. The van der Waals surface area contributed by atoms with Gasteiger partial charge in [-0.2, -0.15) is 0 Å². The summed E-state index contributed by atoms with van der Waals surface area (Å²) < 4.78 is 0. The molecule has 3 rings (SSSR count). The molecule has 4 nitrogen and oxygen atoms in total. The van der Waals surface area contributed by atoms with Crippen LogP contribution in [0.1, 0.15) is 61.0 Å². The Morgan fingerprint density at radius 1 is 1.09 bits per heavy atom. The van der Waals surface area contributed by atoms with Crippen LogP contribution in [0.2, 0.25) is 0 Å². The van der Waals surface area contributed by atoms with E-state index >= 15 is 0 Å². The minimum Gasteiger partial charge on any atom is -0.352 e. The van der Waals surface area contributed by atoms with Gasteiger partial charge in [0.1, 0.15) is 6.04 Å². The summed E-state index contributed by atoms with van der Waals surface area (Å²) in [4.78, 5) is 27.8. The van der Waals surface area contributed by atoms with Crippen molar-refractivity contribution in [2.75, 3.05) is 6.54 Å². The van der Waals surface area contributed by atoms with Gasteiger partial charge in [-0.15, -0.1) is 11.3 Å². The highest BCUT2D eigenvalue weighted by Gasteiger charge is 2.33. The molecule has 5 heteroatoms. The van der Waals surface area contributed by atoms with Gasteiger partial charge in [0.05, 0.1) is 4.88 Å². The lowest BCUT2D eigenvalue weighted by molar-refractivity contribution is -0.127. The topological polar surface area (TPSA) is 49.4 Å². The first-order valence-electron chi connectivity index (χ1n) is 8.40. The Hall–Kier alpha value is -1.36. The maximum Gasteiger partial charge on any atom is 0.264 e. The van der Waals surface area contributed by atoms with E-state index < -0.39 is 0 Å². The van der Waals surface area contributed by atoms with Gasteiger partial charge in [0.2, 0.25) is 5.91 Å². The number of carbonyl (C=O) groups excluding carboxylic acids is 2. The highest BCUT2D eigenvalue weighted by molar-refractivity contribution is 7.12. The van der Waals surface area contributed by atoms with Gasteiger partial charge in [-0.1, -0.05) is 25.3 Å². The molecule has 0 bridgehead atoms. The second kappa shape index (κ2) is 7.27. The summed E-state index contributed by atoms with van der Waals surface area (Å²) in [6.07, 6.45) is 8.64. The molecule has 1 aliphatic carbocycles. The Bertz CT molecular complexity index is 509. The number of carbonyl (C=O) groups is 2. The Balaban J connectivity index is 1.66. The summed E-state index contributed by atoms with van der Waals surface area (Å²) in [5.74, 6) is 0.0648. The Morgan fingerprint density at radius 3 is 2.59 bits per heavy atom. The van der Waals surface area contributed by atoms with Gasteiger partial charge in [0, 0.05) is 12.6 Å². The van der Waals surface area contributed by atoms with E-state index in [1.54, 1.807) is 4.90 Å². The van der Waals surface area contributed by atoms with Crippen molar-refractivity contribution in [2.45, 2.75) is 63.5 Å². The molecule has 1 aromatic rings. The van der Waals surface area contributed by atoms with Crippen molar-refractivity contribution in [3.63, 3.8) is 0 Å². The van der Waals surface area contributed by atoms with Crippen LogP contribution >= 0.6 is 11.3 Å². The first kappa shape index (κ1) is 15.5. The molecule has 0 aromatic carbocycles. The van der Waals surface area contributed by atoms with Gasteiger partial charge >= 0.3 is 0 Å². The zero-order chi connectivity index (χ0) is 15.4. The molecule has 1 N–H and O–H groups in total. The first-order valence-corrected chi connectivity index (χ1v) is 9.28. The number of nitrogens with one attached hydrogen (secondary N) is 1. The zero-order valence-corrected chi connectivity index (χ0v) is 13.7. The maximum atomic E-state index is 12.6. The number of thiophene rings is 1. The molecular weight excluding hydrogens is 296 g/mol. The van der Waals surface area contributed by atoms with Crippen molar-refractivity contribution >= 4 is 23.2 Å². The van der Waals surface area contributed by atoms with Crippen molar-refractivity contribution in [3.05, 3.63) is 22.4 Å². The standard InChI is InChI=1S/C17H24N2O2S/c20-16(18-13-7-2-1-3-8-13)14-9-4-5-11-19(14)17(21)15-10-6-12-22-15/h6,10,12-14H,1-5,7-9,11H2,(H,18,20). The fourth-order valence-electron chi connectivity index (χ4n) is 3.53. The minimum absolute atomic E-state index is 0.0125. The van der Waals surface area contributed by atoms with Gasteiger partial charge in [0.15, 0.2) is 0 Å². The van der Waals surface area contributed by atoms with Gasteiger partial charge in [-0.3, -0.25) is 9.59 Å². The van der Waals surface area contributed by atoms with Crippen LogP contribution in [-0.4, -0.2) is 35.3 Å². The minimum atomic E-state index is -0.287. The van der Waals surface area contributed by atoms with Crippen molar-refractivity contribution < 1.29 is 9.59 Å². The molecule has 2 aliphatic rings. The second-order valence-corrected chi connectivity index (χ2v) is 7.28. The Labute approximate surface area is 135 Å². The smallest absolute Gasteiger partial charge is 0.264 e. The summed E-state index contributed by atoms with van der Waals surface area (Å²) in [6, 6.07) is 3.75. The average molecular weight is 320 g/mol. The van der Waals surface area contributed by atoms with Crippen molar-refractivity contribution in [2.24, 2.45) is 0 Å². The van der Waals surface area contributed by atoms with Gasteiger partial charge in [-0.05, 0) is 43.6 Å². The third-order valence-electron chi connectivity index (χ3n) is 4.75. The number of hydrogen-bond donors (Lipinski definition) is 1. The van der Waals surface area contributed by atoms with E-state index in [1.807, 2.05) is 17.5 Å². The fourth-order valence-corrected chi connectivity index (χ4v) is 4.21. The Kier molecular flexibility index (Phi) is 5.13. The normalized spacial score (nSPS) is 23.3. The third kappa shape index (κ3) is 3.51. The number of likely N-dealkylation sites (tertiary alicyclic amines) is 1. The molecule has 1 atom stereocenters. The van der Waals surface area contributed by atoms with Crippen molar-refractivity contribution in [3.8, 4) is 0 Å². The Morgan fingerprint density at radius 2 is 1.86 bits per heavy atom. The summed E-state index contributed by atoms with van der Waals surface area (Å²) in [7, 11) is 0. The van der Waals surface area contributed by atoms with E-state index in [0.29, 0.717) is 12.6 Å². The lowest BCUT2D eigenvalue weighted by Crippen LogP contribution is -2.53. The highest BCUT2D eigenvalue weighted by atomic mass is 32.1. The molecule has 1 aromatic heterocycles. The largest absolute Gasteiger partial charge is 0.352 e. The summed E-state index contributed by atoms with van der Waals surface area (Å²) in [5.41, 5.74) is 0. The maximum absolute atomic E-state index is 12.6. The number of rotatable bonds is 3. The highest BCUT2D eigenvalue weighted by Crippen LogP contribution is 2.23. The molecule has 2 amide bonds. The summed E-state index contributed by atoms with van der Waals surface area (Å²) in [6.45, 7) is 0.694. The lowest BCUT2D eigenvalue weighted by atomic mass is 9.94. The molecule has 1 saturated carbocycles. The van der Waals surface area contributed by atoms with Crippen molar-refractivity contribution in [1.82, 2.24) is 10.2 Å². The summed E-state index contributed by atoms with van der Waals surface area (Å²) in [5, 5.41) is 5.10. The predicted octanol–water partition coefficient (Wildman–Crippen LogP) is 3.19. The van der Waals surface area contributed by atoms with Gasteiger partial charge < -0.3 is 10.2 Å². The monoisotopic (exact) mass is 320 g/mol. The first-order chi connectivity index (χ1) is 10.8. The number of hydrogen-bond acceptors (Lipinski definition) is 3. The number of amides is 2. The molecule has 1 aliphatic heterocycles. The van der Waals surface area contributed by atoms with Crippen LogP contribution < -0.4 is 5.32 Å². The van der Waals surface area contributed by atoms with Crippen LogP contribution in [0.3, 0.4) is 0 Å². The second-order valence-electron chi connectivity index (χ2n) is 6.33. The van der Waals surface area contributed by atoms with Crippen LogP contribution in [0.4, 0.5) is 0 Å². The quantitative estimate of drug-likeness (QED) is 0.930. The van der Waals surface area contributed by atoms with E-state index in [2.05, 4.69) is 5.32 Å². The van der Waals surface area contributed by atoms with E-state index in [1.165, 1.54) is 30.6 Å². The third-order valence-corrected chi connectivity index (χ3v) is 5.61. The number of nitrogens with zero attached hydrogens (tertiary/aromatic N) is 1. The molecule has 22 heavy (non-hydrogen) atoms. The molecule has 1 saturated heterocycles. The average Bonchev–Trinajstić information content (AvgIpc) is 3.09. The van der Waals surface area contributed by atoms with Crippen LogP contribution in [0.5, 0.6) is 0 Å². The molecule has 2 heterocycles. The summed E-state index contributed by atoms with van der Waals surface area (Å²) >= 11 is 1.45. The van der Waals surface area contributed by atoms with Crippen LogP contribution in [-0.2, 0) is 4.79 Å².